The van der Waals surface area contributed by atoms with Crippen LogP contribution in [0.5, 0.6) is 0 Å². The minimum absolute atomic E-state index is 0.132. The van der Waals surface area contributed by atoms with E-state index >= 15 is 0 Å². The number of amides is 2. The summed E-state index contributed by atoms with van der Waals surface area (Å²) < 4.78 is 1.79. The van der Waals surface area contributed by atoms with Crippen LogP contribution in [0.3, 0.4) is 0 Å². The van der Waals surface area contributed by atoms with Gasteiger partial charge in [-0.15, -0.1) is 0 Å². The number of aryl methyl sites for hydroxylation is 1. The third-order valence-electron chi connectivity index (χ3n) is 3.83. The number of benzene rings is 2. The number of aromatic nitrogens is 1. The Morgan fingerprint density at radius 1 is 1.08 bits per heavy atom. The highest BCUT2D eigenvalue weighted by Gasteiger charge is 2.21. The molecule has 0 saturated heterocycles. The van der Waals surface area contributed by atoms with Crippen molar-refractivity contribution in [3.05, 3.63) is 74.9 Å². The number of carbonyl (C=O) groups is 2. The summed E-state index contributed by atoms with van der Waals surface area (Å²) >= 11 is 5.72. The molecule has 0 spiro atoms. The van der Waals surface area contributed by atoms with Crippen LogP contribution < -0.4 is 10.9 Å². The van der Waals surface area contributed by atoms with E-state index in [2.05, 4.69) is 10.9 Å². The Morgan fingerprint density at radius 3 is 2.42 bits per heavy atom. The van der Waals surface area contributed by atoms with Crippen LogP contribution in [-0.4, -0.2) is 21.3 Å². The van der Waals surface area contributed by atoms with E-state index in [1.807, 2.05) is 12.1 Å². The van der Waals surface area contributed by atoms with E-state index < -0.39 is 22.4 Å². The third kappa shape index (κ3) is 3.22. The molecule has 0 bridgehead atoms. The molecular formula is C17H13ClN4O4. The molecule has 2 N–H and O–H groups in total. The summed E-state index contributed by atoms with van der Waals surface area (Å²) in [7, 11) is 1.80. The number of hydrogen-bond donors (Lipinski definition) is 2. The minimum Gasteiger partial charge on any atom is -0.350 e. The number of nitrogens with one attached hydrogen (secondary N) is 2. The number of nitro groups is 1. The van der Waals surface area contributed by atoms with Crippen molar-refractivity contribution in [2.75, 3.05) is 0 Å². The van der Waals surface area contributed by atoms with E-state index in [4.69, 9.17) is 11.6 Å². The van der Waals surface area contributed by atoms with Gasteiger partial charge >= 0.3 is 0 Å². The molecule has 0 unspecified atom stereocenters. The normalized spacial score (nSPS) is 10.5. The zero-order chi connectivity index (χ0) is 18.8. The van der Waals surface area contributed by atoms with Crippen molar-refractivity contribution in [3.8, 4) is 0 Å². The Labute approximate surface area is 152 Å². The molecule has 9 heteroatoms. The van der Waals surface area contributed by atoms with Crippen molar-refractivity contribution in [1.29, 1.82) is 0 Å². The van der Waals surface area contributed by atoms with E-state index in [-0.39, 0.29) is 10.6 Å². The van der Waals surface area contributed by atoms with E-state index in [1.54, 1.807) is 29.9 Å². The Balaban J connectivity index is 1.80. The molecule has 8 nitrogen and oxygen atoms in total. The lowest BCUT2D eigenvalue weighted by Gasteiger charge is -2.07. The van der Waals surface area contributed by atoms with Gasteiger partial charge in [-0.05, 0) is 18.2 Å². The van der Waals surface area contributed by atoms with Crippen molar-refractivity contribution < 1.29 is 14.5 Å². The lowest BCUT2D eigenvalue weighted by Crippen LogP contribution is -2.41. The van der Waals surface area contributed by atoms with Crippen LogP contribution in [0.2, 0.25) is 5.02 Å². The molecule has 132 valence electrons. The first kappa shape index (κ1) is 17.4. The van der Waals surface area contributed by atoms with Gasteiger partial charge in [-0.25, -0.2) is 0 Å². The molecule has 0 atom stereocenters. The number of hydrogen-bond acceptors (Lipinski definition) is 4. The number of para-hydroxylation sites is 1. The average molecular weight is 373 g/mol. The lowest BCUT2D eigenvalue weighted by molar-refractivity contribution is -0.385. The van der Waals surface area contributed by atoms with Crippen LogP contribution >= 0.6 is 11.6 Å². The maximum absolute atomic E-state index is 12.4. The standard InChI is InChI=1S/C17H13ClN4O4/c1-21-9-13(11-4-2-3-5-14(11)21)17(24)20-19-16(23)12-7-6-10(18)8-15(12)22(25)26/h2-9H,1H3,(H,19,23)(H,20,24). The Bertz CT molecular complexity index is 1040. The second-order valence-electron chi connectivity index (χ2n) is 5.50. The first-order chi connectivity index (χ1) is 12.4. The van der Waals surface area contributed by atoms with Crippen molar-refractivity contribution in [2.24, 2.45) is 7.05 Å². The van der Waals surface area contributed by atoms with E-state index in [0.717, 1.165) is 17.0 Å². The van der Waals surface area contributed by atoms with Crippen molar-refractivity contribution in [2.45, 2.75) is 0 Å². The third-order valence-corrected chi connectivity index (χ3v) is 4.07. The molecule has 26 heavy (non-hydrogen) atoms. The first-order valence-corrected chi connectivity index (χ1v) is 7.85. The van der Waals surface area contributed by atoms with Gasteiger partial charge in [0.15, 0.2) is 0 Å². The minimum atomic E-state index is -0.818. The summed E-state index contributed by atoms with van der Waals surface area (Å²) in [5, 5.41) is 11.9. The number of hydrazine groups is 1. The molecule has 0 aliphatic carbocycles. The molecule has 0 saturated carbocycles. The van der Waals surface area contributed by atoms with Crippen LogP contribution in [0.4, 0.5) is 5.69 Å². The number of carbonyl (C=O) groups excluding carboxylic acids is 2. The number of rotatable bonds is 3. The number of fused-ring (bicyclic) bond motifs is 1. The average Bonchev–Trinajstić information content (AvgIpc) is 2.96. The van der Waals surface area contributed by atoms with Gasteiger partial charge < -0.3 is 4.57 Å². The monoisotopic (exact) mass is 372 g/mol. The summed E-state index contributed by atoms with van der Waals surface area (Å²) in [5.41, 5.74) is 5.03. The molecule has 2 amide bonds. The summed E-state index contributed by atoms with van der Waals surface area (Å²) in [6.07, 6.45) is 1.64. The molecule has 2 aromatic carbocycles. The zero-order valence-electron chi connectivity index (χ0n) is 13.5. The van der Waals surface area contributed by atoms with Gasteiger partial charge in [-0.3, -0.25) is 30.6 Å². The number of halogens is 1. The number of nitrogens with zero attached hydrogens (tertiary/aromatic N) is 2. The quantitative estimate of drug-likeness (QED) is 0.544. The zero-order valence-corrected chi connectivity index (χ0v) is 14.3. The predicted molar refractivity (Wildman–Crippen MR) is 96.0 cm³/mol. The summed E-state index contributed by atoms with van der Waals surface area (Å²) in [6.45, 7) is 0. The predicted octanol–water partition coefficient (Wildman–Crippen LogP) is 2.81. The summed E-state index contributed by atoms with van der Waals surface area (Å²) in [6, 6.07) is 11.0. The Kier molecular flexibility index (Phi) is 4.59. The smallest absolute Gasteiger partial charge is 0.283 e. The van der Waals surface area contributed by atoms with Gasteiger partial charge in [-0.2, -0.15) is 0 Å². The summed E-state index contributed by atoms with van der Waals surface area (Å²) in [4.78, 5) is 34.9. The molecular weight excluding hydrogens is 360 g/mol. The molecule has 0 fully saturated rings. The molecule has 3 aromatic rings. The molecule has 1 heterocycles. The van der Waals surface area contributed by atoms with Crippen molar-refractivity contribution in [1.82, 2.24) is 15.4 Å². The maximum Gasteiger partial charge on any atom is 0.283 e. The lowest BCUT2D eigenvalue weighted by atomic mass is 10.1. The highest BCUT2D eigenvalue weighted by molar-refractivity contribution is 6.31. The largest absolute Gasteiger partial charge is 0.350 e. The topological polar surface area (TPSA) is 106 Å². The summed E-state index contributed by atoms with van der Waals surface area (Å²) in [5.74, 6) is -1.35. The van der Waals surface area contributed by atoms with Gasteiger partial charge in [0.2, 0.25) is 0 Å². The van der Waals surface area contributed by atoms with Crippen LogP contribution in [0, 0.1) is 10.1 Å². The van der Waals surface area contributed by atoms with Gasteiger partial charge in [-0.1, -0.05) is 29.8 Å². The number of nitro benzene ring substituents is 1. The molecule has 1 aromatic heterocycles. The van der Waals surface area contributed by atoms with Crippen LogP contribution in [-0.2, 0) is 7.05 Å². The van der Waals surface area contributed by atoms with Crippen molar-refractivity contribution in [3.63, 3.8) is 0 Å². The fraction of sp³-hybridized carbons (Fsp3) is 0.0588. The molecule has 0 aliphatic rings. The van der Waals surface area contributed by atoms with Gasteiger partial charge in [0, 0.05) is 35.2 Å². The molecule has 3 rings (SSSR count). The van der Waals surface area contributed by atoms with Crippen molar-refractivity contribution >= 4 is 40.0 Å². The second-order valence-corrected chi connectivity index (χ2v) is 5.93. The van der Waals surface area contributed by atoms with Gasteiger partial charge in [0.25, 0.3) is 17.5 Å². The SMILES string of the molecule is Cn1cc(C(=O)NNC(=O)c2ccc(Cl)cc2[N+](=O)[O-])c2ccccc21. The Morgan fingerprint density at radius 2 is 1.73 bits per heavy atom. The van der Waals surface area contributed by atoms with Gasteiger partial charge in [0.1, 0.15) is 5.56 Å². The highest BCUT2D eigenvalue weighted by Crippen LogP contribution is 2.23. The van der Waals surface area contributed by atoms with Crippen LogP contribution in [0.25, 0.3) is 10.9 Å². The fourth-order valence-electron chi connectivity index (χ4n) is 2.62. The van der Waals surface area contributed by atoms with E-state index in [9.17, 15) is 19.7 Å². The van der Waals surface area contributed by atoms with E-state index in [1.165, 1.54) is 12.1 Å². The maximum atomic E-state index is 12.4. The van der Waals surface area contributed by atoms with Crippen LogP contribution in [0.15, 0.2) is 48.7 Å². The Hall–Kier alpha value is -3.39. The second kappa shape index (κ2) is 6.85. The highest BCUT2D eigenvalue weighted by atomic mass is 35.5. The van der Waals surface area contributed by atoms with Gasteiger partial charge in [0.05, 0.1) is 10.5 Å². The van der Waals surface area contributed by atoms with E-state index in [0.29, 0.717) is 5.56 Å². The first-order valence-electron chi connectivity index (χ1n) is 7.47. The van der Waals surface area contributed by atoms with Crippen LogP contribution in [0.1, 0.15) is 20.7 Å². The molecule has 0 radical (unpaired) electrons. The fourth-order valence-corrected chi connectivity index (χ4v) is 2.79. The molecule has 0 aliphatic heterocycles.